The summed E-state index contributed by atoms with van der Waals surface area (Å²) in [7, 11) is -1.84. The average Bonchev–Trinajstić information content (AvgIpc) is 3.87. The van der Waals surface area contributed by atoms with Gasteiger partial charge in [0.2, 0.25) is 5.95 Å². The van der Waals surface area contributed by atoms with Gasteiger partial charge in [-0.2, -0.15) is 10.2 Å². The summed E-state index contributed by atoms with van der Waals surface area (Å²) in [6.45, 7) is 24.1. The number of hydrogen-bond acceptors (Lipinski definition) is 13. The fourth-order valence-electron chi connectivity index (χ4n) is 8.54. The van der Waals surface area contributed by atoms with Gasteiger partial charge in [0.05, 0.1) is 39.6 Å². The Labute approximate surface area is 404 Å². The predicted molar refractivity (Wildman–Crippen MR) is 268 cm³/mol. The van der Waals surface area contributed by atoms with E-state index in [1.165, 1.54) is 0 Å². The molecule has 3 heterocycles. The lowest BCUT2D eigenvalue weighted by Crippen LogP contribution is -2.64. The number of quaternary nitrogens is 1. The first-order valence-corrected chi connectivity index (χ1v) is 27.5. The van der Waals surface area contributed by atoms with Crippen molar-refractivity contribution in [2.24, 2.45) is 5.92 Å². The predicted octanol–water partition coefficient (Wildman–Crippen LogP) is 9.16. The standard InChI is InChI=1S/C50H71N8O8PSi/c1-33(2)30-52-48-54-45-42(46(59)55-48)53-32-57(45)47-44(66-68(12,13)49(7,8)9)43(65-67(60)56-58(34(3)4,35(5)6)29-17-28-51)41(64-47)31-63-50(36-18-15-14-16-19-36,37-20-24-39(61-10)25-21-37)38-22-26-40(62-11)27-23-38/h14-16,18-27,32-35,41,43-44,47,56,60H,17,29-31H2,1-13H3,(H-,52,54,55,59)/p+1/t41-,43-,44-,47-,67?/m1/s1. The number of imidazole rings is 1. The lowest BCUT2D eigenvalue weighted by atomic mass is 9.80. The van der Waals surface area contributed by atoms with Gasteiger partial charge in [-0.25, -0.2) is 9.58 Å². The van der Waals surface area contributed by atoms with Crippen molar-refractivity contribution in [1.82, 2.24) is 24.7 Å². The van der Waals surface area contributed by atoms with Crippen LogP contribution in [0.5, 0.6) is 11.5 Å². The molecule has 0 saturated carbocycles. The minimum atomic E-state index is -2.69. The van der Waals surface area contributed by atoms with E-state index in [4.69, 9.17) is 32.9 Å². The van der Waals surface area contributed by atoms with Gasteiger partial charge in [-0.3, -0.25) is 14.3 Å². The summed E-state index contributed by atoms with van der Waals surface area (Å²) in [4.78, 5) is 38.2. The first-order valence-electron chi connectivity index (χ1n) is 23.4. The molecule has 1 unspecified atom stereocenters. The lowest BCUT2D eigenvalue weighted by Gasteiger charge is -2.45. The van der Waals surface area contributed by atoms with Crippen molar-refractivity contribution >= 4 is 34.0 Å². The van der Waals surface area contributed by atoms with Crippen LogP contribution in [0.4, 0.5) is 5.95 Å². The van der Waals surface area contributed by atoms with Crippen LogP contribution in [0.25, 0.3) is 11.2 Å². The third-order valence-electron chi connectivity index (χ3n) is 13.5. The van der Waals surface area contributed by atoms with E-state index in [9.17, 15) is 14.9 Å². The van der Waals surface area contributed by atoms with Crippen LogP contribution in [0.3, 0.4) is 0 Å². The summed E-state index contributed by atoms with van der Waals surface area (Å²) in [5.74, 6) is 1.95. The molecule has 2 aromatic heterocycles. The van der Waals surface area contributed by atoms with E-state index >= 15 is 0 Å². The number of hydrogen-bond donors (Lipinski definition) is 4. The molecule has 5 atom stereocenters. The highest BCUT2D eigenvalue weighted by atomic mass is 31.2. The molecule has 1 fully saturated rings. The number of nitrogens with one attached hydrogen (secondary N) is 3. The molecule has 0 radical (unpaired) electrons. The van der Waals surface area contributed by atoms with Crippen LogP contribution in [-0.2, 0) is 24.0 Å². The Balaban J connectivity index is 1.55. The number of aromatic nitrogens is 4. The van der Waals surface area contributed by atoms with Crippen molar-refractivity contribution < 1.29 is 37.4 Å². The SMILES string of the molecule is COc1ccc(C(OC[C@H]2O[C@@H](n3cnc4c(=O)[nH]c(NCC(C)C)nc43)[C@H](O[Si](C)(C)C(C)(C)C)[C@@H]2OP(O)N[N+](CCC#N)(C(C)C)C(C)C)(c2ccccc2)c2ccc(OC)cc2)cc1. The first-order chi connectivity index (χ1) is 32.2. The maximum Gasteiger partial charge on any atom is 0.303 e. The quantitative estimate of drug-likeness (QED) is 0.0169. The van der Waals surface area contributed by atoms with Gasteiger partial charge in [0.15, 0.2) is 25.7 Å². The molecule has 1 saturated heterocycles. The molecule has 5 aromatic rings. The second kappa shape index (κ2) is 21.9. The van der Waals surface area contributed by atoms with Crippen molar-refractivity contribution in [2.45, 2.75) is 129 Å². The molecule has 0 amide bonds. The Kier molecular flexibility index (Phi) is 17.0. The second-order valence-corrected chi connectivity index (χ2v) is 25.6. The Morgan fingerprint density at radius 3 is 2.00 bits per heavy atom. The number of fused-ring (bicyclic) bond motifs is 1. The van der Waals surface area contributed by atoms with E-state index in [2.05, 4.69) is 102 Å². The third-order valence-corrected chi connectivity index (χ3v) is 18.9. The van der Waals surface area contributed by atoms with Crippen LogP contribution in [0.2, 0.25) is 18.1 Å². The largest absolute Gasteiger partial charge is 0.497 e. The number of nitrogens with zero attached hydrogens (tertiary/aromatic N) is 5. The summed E-state index contributed by atoms with van der Waals surface area (Å²) in [5.41, 5.74) is 1.28. The molecular weight excluding hydrogens is 900 g/mol. The molecule has 68 heavy (non-hydrogen) atoms. The van der Waals surface area contributed by atoms with Gasteiger partial charge in [-0.05, 0) is 92.7 Å². The molecule has 1 aliphatic heterocycles. The molecule has 4 N–H and O–H groups in total. The highest BCUT2D eigenvalue weighted by molar-refractivity contribution is 7.43. The zero-order chi connectivity index (χ0) is 49.6. The van der Waals surface area contributed by atoms with Crippen LogP contribution >= 0.6 is 8.53 Å². The number of H-pyrrole nitrogens is 1. The van der Waals surface area contributed by atoms with Crippen molar-refractivity contribution in [1.29, 1.82) is 5.26 Å². The van der Waals surface area contributed by atoms with Gasteiger partial charge in [0.1, 0.15) is 54.0 Å². The van der Waals surface area contributed by atoms with Crippen molar-refractivity contribution in [3.63, 3.8) is 0 Å². The molecule has 0 aliphatic carbocycles. The molecule has 368 valence electrons. The number of aromatic amines is 1. The monoisotopic (exact) mass is 971 g/mol. The van der Waals surface area contributed by atoms with Gasteiger partial charge in [-0.15, -0.1) is 0 Å². The zero-order valence-electron chi connectivity index (χ0n) is 41.9. The number of methoxy groups -OCH3 is 2. The molecule has 16 nitrogen and oxygen atoms in total. The number of ether oxygens (including phenoxy) is 4. The average molecular weight is 972 g/mol. The molecule has 0 spiro atoms. The molecule has 18 heteroatoms. The van der Waals surface area contributed by atoms with E-state index in [1.807, 2.05) is 78.9 Å². The van der Waals surface area contributed by atoms with E-state index < -0.39 is 52.5 Å². The van der Waals surface area contributed by atoms with Crippen LogP contribution in [0.15, 0.2) is 90.0 Å². The number of nitriles is 1. The van der Waals surface area contributed by atoms with Crippen LogP contribution in [-0.4, -0.2) is 102 Å². The molecule has 1 aliphatic rings. The smallest absolute Gasteiger partial charge is 0.303 e. The fourth-order valence-corrected chi connectivity index (χ4v) is 11.2. The lowest BCUT2D eigenvalue weighted by molar-refractivity contribution is -0.994. The Hall–Kier alpha value is -4.73. The summed E-state index contributed by atoms with van der Waals surface area (Å²) in [5, 5.41) is 16.2. The number of anilines is 1. The van der Waals surface area contributed by atoms with Gasteiger partial charge >= 0.3 is 8.53 Å². The molecule has 6 rings (SSSR count). The van der Waals surface area contributed by atoms with Crippen molar-refractivity contribution in [3.8, 4) is 17.6 Å². The van der Waals surface area contributed by atoms with Gasteiger partial charge in [0.25, 0.3) is 5.56 Å². The maximum atomic E-state index is 13.6. The van der Waals surface area contributed by atoms with Crippen LogP contribution < -0.4 is 25.5 Å². The topological polar surface area (TPSA) is 187 Å². The van der Waals surface area contributed by atoms with Crippen molar-refractivity contribution in [2.75, 3.05) is 39.2 Å². The highest BCUT2D eigenvalue weighted by Crippen LogP contribution is 2.48. The summed E-state index contributed by atoms with van der Waals surface area (Å²) in [6, 6.07) is 27.8. The van der Waals surface area contributed by atoms with Gasteiger partial charge in [-0.1, -0.05) is 94.4 Å². The molecule has 0 bridgehead atoms. The van der Waals surface area contributed by atoms with Crippen LogP contribution in [0, 0.1) is 17.2 Å². The van der Waals surface area contributed by atoms with Crippen LogP contribution in [0.1, 0.15) is 91.7 Å². The summed E-state index contributed by atoms with van der Waals surface area (Å²) >= 11 is 0. The Bertz CT molecular complexity index is 2450. The van der Waals surface area contributed by atoms with Gasteiger partial charge < -0.3 is 38.1 Å². The van der Waals surface area contributed by atoms with Crippen molar-refractivity contribution in [3.05, 3.63) is 112 Å². The summed E-state index contributed by atoms with van der Waals surface area (Å²) < 4.78 is 42.2. The Morgan fingerprint density at radius 2 is 1.49 bits per heavy atom. The first kappa shape index (κ1) is 52.6. The van der Waals surface area contributed by atoms with E-state index in [0.29, 0.717) is 36.2 Å². The highest BCUT2D eigenvalue weighted by Gasteiger charge is 2.54. The Morgan fingerprint density at radius 1 is 0.912 bits per heavy atom. The van der Waals surface area contributed by atoms with Gasteiger partial charge in [0, 0.05) is 6.54 Å². The third kappa shape index (κ3) is 11.2. The molecular formula is C50H72N8O8PSi+. The zero-order valence-corrected chi connectivity index (χ0v) is 43.8. The van der Waals surface area contributed by atoms with E-state index in [0.717, 1.165) is 16.7 Å². The number of rotatable bonds is 22. The molecule has 3 aromatic carbocycles. The second-order valence-electron chi connectivity index (χ2n) is 19.9. The fraction of sp³-hybridized carbons (Fsp3) is 0.520. The summed E-state index contributed by atoms with van der Waals surface area (Å²) in [6.07, 6.45) is -1.87. The normalized spacial score (nSPS) is 18.6. The van der Waals surface area contributed by atoms with E-state index in [-0.39, 0.29) is 46.2 Å². The minimum absolute atomic E-state index is 0.0319. The minimum Gasteiger partial charge on any atom is -0.497 e. The maximum absolute atomic E-state index is 13.6. The van der Waals surface area contributed by atoms with E-state index in [1.54, 1.807) is 25.1 Å². The number of benzene rings is 3.